The van der Waals surface area contributed by atoms with Crippen molar-refractivity contribution in [2.45, 2.75) is 34.2 Å². The molecule has 0 atom stereocenters. The summed E-state index contributed by atoms with van der Waals surface area (Å²) in [5, 5.41) is 1.19. The Morgan fingerprint density at radius 2 is 1.94 bits per heavy atom. The summed E-state index contributed by atoms with van der Waals surface area (Å²) in [6.45, 7) is 9.24. The Morgan fingerprint density at radius 3 is 2.50 bits per heavy atom. The fourth-order valence-electron chi connectivity index (χ4n) is 1.84. The molecule has 0 unspecified atom stereocenters. The van der Waals surface area contributed by atoms with Gasteiger partial charge in [-0.25, -0.2) is 0 Å². The van der Waals surface area contributed by atoms with E-state index in [-0.39, 0.29) is 0 Å². The molecule has 0 aliphatic rings. The van der Waals surface area contributed by atoms with E-state index in [1.807, 2.05) is 13.8 Å². The van der Waals surface area contributed by atoms with Crippen LogP contribution in [-0.2, 0) is 6.54 Å². The lowest BCUT2D eigenvalue weighted by Gasteiger charge is -2.06. The average molecular weight is 219 g/mol. The molecule has 2 rings (SSSR count). The maximum absolute atomic E-state index is 5.35. The second-order valence-electron chi connectivity index (χ2n) is 3.50. The standard InChI is InChI=1S/C12H15NO.C2H6/c1-4-13-6-5-10-11(13)7-9(2)8-12(10)14-3;1-2/h5-8H,4H2,1-3H3;1-2H3. The molecule has 0 radical (unpaired) electrons. The predicted octanol–water partition coefficient (Wildman–Crippen LogP) is 4.00. The van der Waals surface area contributed by atoms with E-state index >= 15 is 0 Å². The largest absolute Gasteiger partial charge is 0.496 e. The topological polar surface area (TPSA) is 14.2 Å². The molecule has 1 aromatic heterocycles. The smallest absolute Gasteiger partial charge is 0.128 e. The third-order valence-electron chi connectivity index (χ3n) is 2.56. The van der Waals surface area contributed by atoms with Crippen molar-refractivity contribution in [1.29, 1.82) is 0 Å². The quantitative estimate of drug-likeness (QED) is 0.744. The van der Waals surface area contributed by atoms with Crippen molar-refractivity contribution in [3.63, 3.8) is 0 Å². The second-order valence-corrected chi connectivity index (χ2v) is 3.50. The second kappa shape index (κ2) is 5.59. The first-order valence-corrected chi connectivity index (χ1v) is 5.89. The molecule has 0 spiro atoms. The van der Waals surface area contributed by atoms with Gasteiger partial charge < -0.3 is 9.30 Å². The zero-order valence-electron chi connectivity index (χ0n) is 10.9. The number of hydrogen-bond donors (Lipinski definition) is 0. The molecule has 2 nitrogen and oxygen atoms in total. The van der Waals surface area contributed by atoms with Crippen molar-refractivity contribution in [1.82, 2.24) is 4.57 Å². The van der Waals surface area contributed by atoms with E-state index in [0.29, 0.717) is 0 Å². The van der Waals surface area contributed by atoms with Crippen LogP contribution in [0, 0.1) is 6.92 Å². The van der Waals surface area contributed by atoms with Crippen LogP contribution in [-0.4, -0.2) is 11.7 Å². The molecule has 0 fully saturated rings. The summed E-state index contributed by atoms with van der Waals surface area (Å²) in [5.41, 5.74) is 2.49. The summed E-state index contributed by atoms with van der Waals surface area (Å²) in [6, 6.07) is 6.38. The number of methoxy groups -OCH3 is 1. The third-order valence-corrected chi connectivity index (χ3v) is 2.56. The molecule has 1 heterocycles. The Kier molecular flexibility index (Phi) is 4.41. The van der Waals surface area contributed by atoms with E-state index < -0.39 is 0 Å². The molecule has 0 saturated heterocycles. The minimum absolute atomic E-state index is 0.965. The number of ether oxygens (including phenoxy) is 1. The van der Waals surface area contributed by atoms with Gasteiger partial charge in [-0.05, 0) is 37.6 Å². The van der Waals surface area contributed by atoms with Crippen LogP contribution in [0.2, 0.25) is 0 Å². The van der Waals surface area contributed by atoms with Gasteiger partial charge in [0.15, 0.2) is 0 Å². The van der Waals surface area contributed by atoms with Crippen LogP contribution < -0.4 is 4.74 Å². The van der Waals surface area contributed by atoms with Crippen LogP contribution in [0.3, 0.4) is 0 Å². The lowest BCUT2D eigenvalue weighted by Crippen LogP contribution is -1.92. The molecule has 16 heavy (non-hydrogen) atoms. The molecule has 0 N–H and O–H groups in total. The SMILES string of the molecule is CC.CCn1ccc2c(OC)cc(C)cc21. The number of aryl methyl sites for hydroxylation is 2. The normalized spacial score (nSPS) is 9.81. The zero-order chi connectivity index (χ0) is 12.1. The maximum Gasteiger partial charge on any atom is 0.128 e. The van der Waals surface area contributed by atoms with Gasteiger partial charge in [-0.1, -0.05) is 13.8 Å². The van der Waals surface area contributed by atoms with E-state index in [1.165, 1.54) is 16.5 Å². The summed E-state index contributed by atoms with van der Waals surface area (Å²) < 4.78 is 7.58. The molecule has 0 bridgehead atoms. The molecule has 0 amide bonds. The Morgan fingerprint density at radius 1 is 1.25 bits per heavy atom. The third kappa shape index (κ3) is 2.21. The molecule has 2 aromatic rings. The Balaban J connectivity index is 0.000000606. The monoisotopic (exact) mass is 219 g/mol. The molecule has 88 valence electrons. The van der Waals surface area contributed by atoms with Gasteiger partial charge in [0.1, 0.15) is 5.75 Å². The summed E-state index contributed by atoms with van der Waals surface area (Å²) in [7, 11) is 1.72. The highest BCUT2D eigenvalue weighted by Crippen LogP contribution is 2.28. The lowest BCUT2D eigenvalue weighted by molar-refractivity contribution is 0.419. The molecule has 2 heteroatoms. The van der Waals surface area contributed by atoms with Crippen molar-refractivity contribution < 1.29 is 4.74 Å². The summed E-state index contributed by atoms with van der Waals surface area (Å²) in [6.07, 6.45) is 2.10. The number of hydrogen-bond acceptors (Lipinski definition) is 1. The molecule has 1 aromatic carbocycles. The predicted molar refractivity (Wildman–Crippen MR) is 70.2 cm³/mol. The van der Waals surface area contributed by atoms with Crippen LogP contribution >= 0.6 is 0 Å². The van der Waals surface area contributed by atoms with Gasteiger partial charge in [-0.2, -0.15) is 0 Å². The van der Waals surface area contributed by atoms with Crippen molar-refractivity contribution in [2.24, 2.45) is 0 Å². The van der Waals surface area contributed by atoms with Gasteiger partial charge in [-0.3, -0.25) is 0 Å². The van der Waals surface area contributed by atoms with Crippen LogP contribution in [0.15, 0.2) is 24.4 Å². The first kappa shape index (κ1) is 12.6. The van der Waals surface area contributed by atoms with Crippen molar-refractivity contribution in [2.75, 3.05) is 7.11 Å². The Labute approximate surface area is 97.8 Å². The fraction of sp³-hybridized carbons (Fsp3) is 0.429. The zero-order valence-corrected chi connectivity index (χ0v) is 10.9. The highest BCUT2D eigenvalue weighted by molar-refractivity contribution is 5.87. The van der Waals surface area contributed by atoms with E-state index in [9.17, 15) is 0 Å². The highest BCUT2D eigenvalue weighted by Gasteiger charge is 2.05. The van der Waals surface area contributed by atoms with Crippen molar-refractivity contribution >= 4 is 10.9 Å². The molecule has 0 saturated carbocycles. The van der Waals surface area contributed by atoms with E-state index in [1.54, 1.807) is 7.11 Å². The number of nitrogens with zero attached hydrogens (tertiary/aromatic N) is 1. The minimum atomic E-state index is 0.965. The molecular weight excluding hydrogens is 198 g/mol. The first-order valence-electron chi connectivity index (χ1n) is 5.89. The van der Waals surface area contributed by atoms with Gasteiger partial charge in [-0.15, -0.1) is 0 Å². The van der Waals surface area contributed by atoms with E-state index in [2.05, 4.69) is 42.8 Å². The fourth-order valence-corrected chi connectivity index (χ4v) is 1.84. The highest BCUT2D eigenvalue weighted by atomic mass is 16.5. The summed E-state index contributed by atoms with van der Waals surface area (Å²) in [5.74, 6) is 0.965. The Hall–Kier alpha value is -1.44. The van der Waals surface area contributed by atoms with Crippen LogP contribution in [0.25, 0.3) is 10.9 Å². The van der Waals surface area contributed by atoms with Crippen LogP contribution in [0.4, 0.5) is 0 Å². The van der Waals surface area contributed by atoms with Gasteiger partial charge in [0.05, 0.1) is 12.6 Å². The number of rotatable bonds is 2. The first-order chi connectivity index (χ1) is 7.76. The average Bonchev–Trinajstić information content (AvgIpc) is 2.73. The van der Waals surface area contributed by atoms with Gasteiger partial charge in [0.25, 0.3) is 0 Å². The summed E-state index contributed by atoms with van der Waals surface area (Å²) in [4.78, 5) is 0. The lowest BCUT2D eigenvalue weighted by atomic mass is 10.1. The minimum Gasteiger partial charge on any atom is -0.496 e. The van der Waals surface area contributed by atoms with Gasteiger partial charge in [0.2, 0.25) is 0 Å². The van der Waals surface area contributed by atoms with Crippen LogP contribution in [0.1, 0.15) is 26.3 Å². The van der Waals surface area contributed by atoms with E-state index in [0.717, 1.165) is 12.3 Å². The molecule has 0 aliphatic carbocycles. The molecule has 0 aliphatic heterocycles. The number of benzene rings is 1. The van der Waals surface area contributed by atoms with Gasteiger partial charge >= 0.3 is 0 Å². The number of fused-ring (bicyclic) bond motifs is 1. The maximum atomic E-state index is 5.35. The van der Waals surface area contributed by atoms with Gasteiger partial charge in [0, 0.05) is 18.1 Å². The molecular formula is C14H21NO. The Bertz CT molecular complexity index is 457. The number of aromatic nitrogens is 1. The van der Waals surface area contributed by atoms with Crippen molar-refractivity contribution in [3.8, 4) is 5.75 Å². The van der Waals surface area contributed by atoms with Crippen molar-refractivity contribution in [3.05, 3.63) is 30.0 Å². The van der Waals surface area contributed by atoms with Crippen LogP contribution in [0.5, 0.6) is 5.75 Å². The summed E-state index contributed by atoms with van der Waals surface area (Å²) >= 11 is 0. The van der Waals surface area contributed by atoms with E-state index in [4.69, 9.17) is 4.74 Å².